The number of benzene rings is 1. The van der Waals surface area contributed by atoms with E-state index in [0.717, 1.165) is 13.1 Å². The third-order valence-electron chi connectivity index (χ3n) is 2.41. The molecule has 1 aliphatic heterocycles. The summed E-state index contributed by atoms with van der Waals surface area (Å²) in [6.45, 7) is 1.53. The molecule has 0 aromatic heterocycles. The van der Waals surface area contributed by atoms with E-state index in [1.54, 1.807) is 0 Å². The Bertz CT molecular complexity index is 304. The van der Waals surface area contributed by atoms with Crippen LogP contribution in [0, 0.1) is 5.92 Å². The fourth-order valence-electron chi connectivity index (χ4n) is 1.51. The van der Waals surface area contributed by atoms with Gasteiger partial charge < -0.3 is 10.6 Å². The lowest BCUT2D eigenvalue weighted by molar-refractivity contribution is -0.122. The van der Waals surface area contributed by atoms with Crippen molar-refractivity contribution in [1.29, 1.82) is 0 Å². The fraction of sp³-hybridized carbons (Fsp3) is 0.300. The number of hydrogen-bond donors (Lipinski definition) is 1. The summed E-state index contributed by atoms with van der Waals surface area (Å²) in [6.07, 6.45) is 0. The van der Waals surface area contributed by atoms with E-state index < -0.39 is 0 Å². The van der Waals surface area contributed by atoms with E-state index in [2.05, 4.69) is 4.90 Å². The minimum atomic E-state index is -0.188. The lowest BCUT2D eigenvalue weighted by Gasteiger charge is -2.39. The van der Waals surface area contributed by atoms with Crippen LogP contribution < -0.4 is 10.6 Å². The lowest BCUT2D eigenvalue weighted by atomic mass is 9.99. The van der Waals surface area contributed by atoms with Crippen molar-refractivity contribution in [3.05, 3.63) is 30.3 Å². The first-order valence-corrected chi connectivity index (χ1v) is 4.36. The van der Waals surface area contributed by atoms with Crippen LogP contribution in [0.2, 0.25) is 0 Å². The largest absolute Gasteiger partial charge is 0.370 e. The molecule has 3 nitrogen and oxygen atoms in total. The second kappa shape index (κ2) is 3.09. The van der Waals surface area contributed by atoms with Crippen LogP contribution in [-0.2, 0) is 4.79 Å². The van der Waals surface area contributed by atoms with Crippen molar-refractivity contribution < 1.29 is 4.79 Å². The maximum absolute atomic E-state index is 10.8. The van der Waals surface area contributed by atoms with Crippen LogP contribution in [0.5, 0.6) is 0 Å². The van der Waals surface area contributed by atoms with Gasteiger partial charge >= 0.3 is 0 Å². The van der Waals surface area contributed by atoms with Crippen molar-refractivity contribution in [2.45, 2.75) is 0 Å². The van der Waals surface area contributed by atoms with E-state index in [-0.39, 0.29) is 11.8 Å². The quantitative estimate of drug-likeness (QED) is 0.717. The van der Waals surface area contributed by atoms with E-state index in [4.69, 9.17) is 5.73 Å². The van der Waals surface area contributed by atoms with Crippen LogP contribution in [-0.4, -0.2) is 19.0 Å². The molecule has 0 atom stereocenters. The number of anilines is 1. The minimum Gasteiger partial charge on any atom is -0.370 e. The van der Waals surface area contributed by atoms with Gasteiger partial charge in [0.1, 0.15) is 0 Å². The minimum absolute atomic E-state index is 0.0419. The zero-order chi connectivity index (χ0) is 9.26. The van der Waals surface area contributed by atoms with Gasteiger partial charge in [0.05, 0.1) is 5.92 Å². The average Bonchev–Trinajstić information content (AvgIpc) is 2.02. The highest BCUT2D eigenvalue weighted by Gasteiger charge is 2.30. The lowest BCUT2D eigenvalue weighted by Crippen LogP contribution is -2.52. The molecule has 1 amide bonds. The predicted octanol–water partition coefficient (Wildman–Crippen LogP) is 0.608. The van der Waals surface area contributed by atoms with Gasteiger partial charge in [-0.25, -0.2) is 0 Å². The first-order chi connectivity index (χ1) is 6.27. The van der Waals surface area contributed by atoms with Crippen molar-refractivity contribution in [2.24, 2.45) is 11.7 Å². The Hall–Kier alpha value is -1.51. The van der Waals surface area contributed by atoms with Gasteiger partial charge in [-0.3, -0.25) is 4.79 Å². The normalized spacial score (nSPS) is 16.8. The van der Waals surface area contributed by atoms with Crippen LogP contribution >= 0.6 is 0 Å². The van der Waals surface area contributed by atoms with Crippen molar-refractivity contribution in [3.63, 3.8) is 0 Å². The van der Waals surface area contributed by atoms with E-state index >= 15 is 0 Å². The Morgan fingerprint density at radius 3 is 2.46 bits per heavy atom. The van der Waals surface area contributed by atoms with Gasteiger partial charge in [-0.1, -0.05) is 18.2 Å². The summed E-state index contributed by atoms with van der Waals surface area (Å²) in [5.74, 6) is -0.146. The average molecular weight is 176 g/mol. The highest BCUT2D eigenvalue weighted by atomic mass is 16.1. The van der Waals surface area contributed by atoms with Gasteiger partial charge in [0, 0.05) is 18.8 Å². The highest BCUT2D eigenvalue weighted by molar-refractivity contribution is 5.80. The van der Waals surface area contributed by atoms with Crippen LogP contribution in [0.15, 0.2) is 30.3 Å². The molecule has 0 spiro atoms. The second-order valence-electron chi connectivity index (χ2n) is 3.34. The van der Waals surface area contributed by atoms with Crippen LogP contribution in [0.4, 0.5) is 5.69 Å². The summed E-state index contributed by atoms with van der Waals surface area (Å²) in [5, 5.41) is 0. The Labute approximate surface area is 77.1 Å². The number of para-hydroxylation sites is 1. The number of nitrogens with zero attached hydrogens (tertiary/aromatic N) is 1. The molecule has 0 bridgehead atoms. The molecule has 68 valence electrons. The molecular weight excluding hydrogens is 164 g/mol. The van der Waals surface area contributed by atoms with E-state index in [0.29, 0.717) is 0 Å². The van der Waals surface area contributed by atoms with E-state index in [1.165, 1.54) is 5.69 Å². The first kappa shape index (κ1) is 8.10. The number of rotatable bonds is 2. The Morgan fingerprint density at radius 1 is 1.31 bits per heavy atom. The highest BCUT2D eigenvalue weighted by Crippen LogP contribution is 2.23. The third kappa shape index (κ3) is 1.49. The molecule has 3 heteroatoms. The van der Waals surface area contributed by atoms with Gasteiger partial charge in [0.25, 0.3) is 0 Å². The van der Waals surface area contributed by atoms with Crippen LogP contribution in [0.1, 0.15) is 0 Å². The van der Waals surface area contributed by atoms with Crippen molar-refractivity contribution in [2.75, 3.05) is 18.0 Å². The summed E-state index contributed by atoms with van der Waals surface area (Å²) in [7, 11) is 0. The van der Waals surface area contributed by atoms with Gasteiger partial charge in [-0.05, 0) is 12.1 Å². The fourth-order valence-corrected chi connectivity index (χ4v) is 1.51. The van der Waals surface area contributed by atoms with Crippen molar-refractivity contribution >= 4 is 11.6 Å². The van der Waals surface area contributed by atoms with Crippen molar-refractivity contribution in [3.8, 4) is 0 Å². The molecular formula is C10H12N2O. The molecule has 13 heavy (non-hydrogen) atoms. The molecule has 0 unspecified atom stereocenters. The topological polar surface area (TPSA) is 46.3 Å². The molecule has 1 aliphatic rings. The zero-order valence-corrected chi connectivity index (χ0v) is 7.31. The van der Waals surface area contributed by atoms with E-state index in [1.807, 2.05) is 30.3 Å². The summed E-state index contributed by atoms with van der Waals surface area (Å²) in [4.78, 5) is 12.9. The molecule has 1 heterocycles. The molecule has 0 saturated carbocycles. The van der Waals surface area contributed by atoms with Gasteiger partial charge in [0.15, 0.2) is 0 Å². The molecule has 0 aliphatic carbocycles. The number of amides is 1. The first-order valence-electron chi connectivity index (χ1n) is 4.36. The monoisotopic (exact) mass is 176 g/mol. The molecule has 1 aromatic carbocycles. The van der Waals surface area contributed by atoms with Crippen LogP contribution in [0.25, 0.3) is 0 Å². The number of primary amides is 1. The molecule has 0 radical (unpaired) electrons. The Kier molecular flexibility index (Phi) is 1.93. The summed E-state index contributed by atoms with van der Waals surface area (Å²) < 4.78 is 0. The Balaban J connectivity index is 1.98. The summed E-state index contributed by atoms with van der Waals surface area (Å²) in [5.41, 5.74) is 6.34. The zero-order valence-electron chi connectivity index (χ0n) is 7.31. The standard InChI is InChI=1S/C10H12N2O/c11-10(13)8-6-12(7-8)9-4-2-1-3-5-9/h1-5,8H,6-7H2,(H2,11,13). The molecule has 1 fully saturated rings. The van der Waals surface area contributed by atoms with Gasteiger partial charge in [-0.2, -0.15) is 0 Å². The maximum Gasteiger partial charge on any atom is 0.224 e. The van der Waals surface area contributed by atoms with Crippen LogP contribution in [0.3, 0.4) is 0 Å². The van der Waals surface area contributed by atoms with Gasteiger partial charge in [-0.15, -0.1) is 0 Å². The molecule has 2 rings (SSSR count). The number of carbonyl (C=O) groups excluding carboxylic acids is 1. The van der Waals surface area contributed by atoms with Crippen molar-refractivity contribution in [1.82, 2.24) is 0 Å². The molecule has 2 N–H and O–H groups in total. The Morgan fingerprint density at radius 2 is 1.92 bits per heavy atom. The third-order valence-corrected chi connectivity index (χ3v) is 2.41. The molecule has 1 saturated heterocycles. The smallest absolute Gasteiger partial charge is 0.224 e. The van der Waals surface area contributed by atoms with Gasteiger partial charge in [0.2, 0.25) is 5.91 Å². The predicted molar refractivity (Wildman–Crippen MR) is 51.3 cm³/mol. The van der Waals surface area contributed by atoms with E-state index in [9.17, 15) is 4.79 Å². The second-order valence-corrected chi connectivity index (χ2v) is 3.34. The maximum atomic E-state index is 10.8. The number of nitrogens with two attached hydrogens (primary N) is 1. The molecule has 1 aromatic rings. The summed E-state index contributed by atoms with van der Waals surface area (Å²) in [6, 6.07) is 10.0. The number of carbonyl (C=O) groups is 1. The number of hydrogen-bond acceptors (Lipinski definition) is 2. The SMILES string of the molecule is NC(=O)C1CN(c2ccccc2)C1. The summed E-state index contributed by atoms with van der Waals surface area (Å²) >= 11 is 0.